The minimum atomic E-state index is 0.712. The van der Waals surface area contributed by atoms with Crippen LogP contribution in [0, 0.1) is 0 Å². The lowest BCUT2D eigenvalue weighted by atomic mass is 10.3. The zero-order chi connectivity index (χ0) is 6.69. The maximum atomic E-state index is 5.66. The molecule has 0 saturated heterocycles. The van der Waals surface area contributed by atoms with Crippen LogP contribution in [0.15, 0.2) is 18.5 Å². The Morgan fingerprint density at radius 3 is 2.78 bits per heavy atom. The summed E-state index contributed by atoms with van der Waals surface area (Å²) in [6, 6.07) is 1.92. The Balaban J connectivity index is 2.94. The maximum Gasteiger partial charge on any atom is 0.0592 e. The van der Waals surface area contributed by atoms with Crippen molar-refractivity contribution < 1.29 is 0 Å². The normalized spacial score (nSPS) is 9.56. The highest BCUT2D eigenvalue weighted by molar-refractivity contribution is 14.1. The third-order valence-corrected chi connectivity index (χ3v) is 2.00. The molecule has 0 radical (unpaired) electrons. The van der Waals surface area contributed by atoms with Crippen LogP contribution in [-0.4, -0.2) is 4.98 Å². The molecule has 0 aliphatic rings. The predicted octanol–water partition coefficient (Wildman–Crippen LogP) is 2.67. The highest BCUT2D eigenvalue weighted by Crippen LogP contribution is 2.10. The van der Waals surface area contributed by atoms with Gasteiger partial charge in [0.25, 0.3) is 0 Å². The molecule has 0 N–H and O–H groups in total. The Kier molecular flexibility index (Phi) is 2.72. The van der Waals surface area contributed by atoms with Crippen LogP contribution in [0.25, 0.3) is 0 Å². The molecule has 0 unspecified atom stereocenters. The molecule has 3 heteroatoms. The van der Waals surface area contributed by atoms with Crippen molar-refractivity contribution in [3.05, 3.63) is 29.0 Å². The largest absolute Gasteiger partial charge is 0.263 e. The average Bonchev–Trinajstić information content (AvgIpc) is 1.88. The molecular weight excluding hydrogens is 248 g/mol. The van der Waals surface area contributed by atoms with Crippen LogP contribution in [0.5, 0.6) is 0 Å². The number of aromatic nitrogens is 1. The highest BCUT2D eigenvalue weighted by Gasteiger charge is 1.89. The molecule has 1 nitrogen and oxygen atoms in total. The summed E-state index contributed by atoms with van der Waals surface area (Å²) in [6.45, 7) is 0. The lowest BCUT2D eigenvalue weighted by molar-refractivity contribution is 1.26. The number of hydrogen-bond donors (Lipinski definition) is 0. The molecule has 9 heavy (non-hydrogen) atoms. The second-order valence-electron chi connectivity index (χ2n) is 1.65. The van der Waals surface area contributed by atoms with Crippen molar-refractivity contribution in [2.24, 2.45) is 0 Å². The molecule has 1 heterocycles. The quantitative estimate of drug-likeness (QED) is 0.554. The van der Waals surface area contributed by atoms with E-state index in [1.165, 1.54) is 5.56 Å². The van der Waals surface area contributed by atoms with Crippen LogP contribution in [-0.2, 0) is 4.43 Å². The van der Waals surface area contributed by atoms with Gasteiger partial charge in [-0.2, -0.15) is 0 Å². The third kappa shape index (κ3) is 2.10. The lowest BCUT2D eigenvalue weighted by Crippen LogP contribution is -1.77. The second-order valence-corrected chi connectivity index (χ2v) is 2.84. The molecule has 0 fully saturated rings. The van der Waals surface area contributed by atoms with Gasteiger partial charge in [0, 0.05) is 16.8 Å². The van der Waals surface area contributed by atoms with Crippen LogP contribution < -0.4 is 0 Å². The van der Waals surface area contributed by atoms with Gasteiger partial charge in [0.1, 0.15) is 0 Å². The first kappa shape index (κ1) is 7.28. The summed E-state index contributed by atoms with van der Waals surface area (Å²) in [7, 11) is 0. The fourth-order valence-corrected chi connectivity index (χ4v) is 1.14. The number of alkyl halides is 1. The Bertz CT molecular complexity index is 202. The van der Waals surface area contributed by atoms with E-state index in [4.69, 9.17) is 11.6 Å². The maximum absolute atomic E-state index is 5.66. The van der Waals surface area contributed by atoms with E-state index >= 15 is 0 Å². The average molecular weight is 253 g/mol. The Labute approximate surface area is 72.6 Å². The molecule has 48 valence electrons. The van der Waals surface area contributed by atoms with Gasteiger partial charge in [0.05, 0.1) is 5.02 Å². The van der Waals surface area contributed by atoms with E-state index < -0.39 is 0 Å². The molecule has 0 aliphatic heterocycles. The topological polar surface area (TPSA) is 12.9 Å². The fourth-order valence-electron chi connectivity index (χ4n) is 0.529. The summed E-state index contributed by atoms with van der Waals surface area (Å²) in [4.78, 5) is 3.92. The molecule has 0 bridgehead atoms. The monoisotopic (exact) mass is 253 g/mol. The number of rotatable bonds is 1. The van der Waals surface area contributed by atoms with Crippen molar-refractivity contribution in [3.63, 3.8) is 0 Å². The van der Waals surface area contributed by atoms with E-state index in [2.05, 4.69) is 27.6 Å². The summed E-state index contributed by atoms with van der Waals surface area (Å²) >= 11 is 7.93. The van der Waals surface area contributed by atoms with Crippen LogP contribution in [0.3, 0.4) is 0 Å². The predicted molar refractivity (Wildman–Crippen MR) is 47.0 cm³/mol. The summed E-state index contributed by atoms with van der Waals surface area (Å²) < 4.78 is 0.964. The Morgan fingerprint density at radius 2 is 2.33 bits per heavy atom. The minimum Gasteiger partial charge on any atom is -0.263 e. The first-order valence-corrected chi connectivity index (χ1v) is 4.38. The van der Waals surface area contributed by atoms with E-state index in [1.807, 2.05) is 12.3 Å². The highest BCUT2D eigenvalue weighted by atomic mass is 127. The van der Waals surface area contributed by atoms with Crippen molar-refractivity contribution in [1.29, 1.82) is 0 Å². The van der Waals surface area contributed by atoms with Crippen molar-refractivity contribution in [1.82, 2.24) is 4.98 Å². The summed E-state index contributed by atoms with van der Waals surface area (Å²) in [5.74, 6) is 0. The standard InChI is InChI=1S/C6H5ClIN/c7-6-1-5(2-8)3-9-4-6/h1,3-4H,2H2. The number of nitrogens with zero attached hydrogens (tertiary/aromatic N) is 1. The lowest BCUT2D eigenvalue weighted by Gasteiger charge is -1.92. The van der Waals surface area contributed by atoms with Gasteiger partial charge in [-0.3, -0.25) is 4.98 Å². The molecule has 1 rings (SSSR count). The minimum absolute atomic E-state index is 0.712. The number of halogens is 2. The van der Waals surface area contributed by atoms with Crippen LogP contribution in [0.2, 0.25) is 5.02 Å². The zero-order valence-electron chi connectivity index (χ0n) is 4.64. The first-order valence-electron chi connectivity index (χ1n) is 2.48. The van der Waals surface area contributed by atoms with Gasteiger partial charge in [0.15, 0.2) is 0 Å². The number of pyridine rings is 1. The molecular formula is C6H5ClIN. The SMILES string of the molecule is Clc1cncc(CI)c1. The summed E-state index contributed by atoms with van der Waals surface area (Å²) in [5.41, 5.74) is 1.17. The molecule has 0 saturated carbocycles. The van der Waals surface area contributed by atoms with E-state index in [0.717, 1.165) is 4.43 Å². The van der Waals surface area contributed by atoms with E-state index in [1.54, 1.807) is 6.20 Å². The van der Waals surface area contributed by atoms with Crippen LogP contribution >= 0.6 is 34.2 Å². The van der Waals surface area contributed by atoms with E-state index in [-0.39, 0.29) is 0 Å². The van der Waals surface area contributed by atoms with E-state index in [0.29, 0.717) is 5.02 Å². The van der Waals surface area contributed by atoms with Gasteiger partial charge in [-0.25, -0.2) is 0 Å². The zero-order valence-corrected chi connectivity index (χ0v) is 7.56. The summed E-state index contributed by atoms with van der Waals surface area (Å²) in [6.07, 6.45) is 3.45. The number of hydrogen-bond acceptors (Lipinski definition) is 1. The van der Waals surface area contributed by atoms with Crippen molar-refractivity contribution in [2.75, 3.05) is 0 Å². The van der Waals surface area contributed by atoms with Crippen molar-refractivity contribution in [2.45, 2.75) is 4.43 Å². The molecule has 1 aromatic rings. The Morgan fingerprint density at radius 1 is 1.56 bits per heavy atom. The molecule has 0 spiro atoms. The van der Waals surface area contributed by atoms with Crippen LogP contribution in [0.4, 0.5) is 0 Å². The molecule has 0 amide bonds. The van der Waals surface area contributed by atoms with Crippen LogP contribution in [0.1, 0.15) is 5.56 Å². The first-order chi connectivity index (χ1) is 4.33. The van der Waals surface area contributed by atoms with Gasteiger partial charge >= 0.3 is 0 Å². The molecule has 0 aromatic carbocycles. The molecule has 0 aliphatic carbocycles. The smallest absolute Gasteiger partial charge is 0.0592 e. The summed E-state index contributed by atoms with van der Waals surface area (Å²) in [5, 5.41) is 0.712. The Hall–Kier alpha value is 0.170. The second kappa shape index (κ2) is 3.37. The molecule has 1 aromatic heterocycles. The third-order valence-electron chi connectivity index (χ3n) is 0.916. The van der Waals surface area contributed by atoms with Crippen molar-refractivity contribution in [3.8, 4) is 0 Å². The van der Waals surface area contributed by atoms with Gasteiger partial charge in [-0.15, -0.1) is 0 Å². The van der Waals surface area contributed by atoms with Crippen molar-refractivity contribution >= 4 is 34.2 Å². The van der Waals surface area contributed by atoms with E-state index in [9.17, 15) is 0 Å². The van der Waals surface area contributed by atoms with Gasteiger partial charge in [-0.1, -0.05) is 34.2 Å². The van der Waals surface area contributed by atoms with Gasteiger partial charge < -0.3 is 0 Å². The fraction of sp³-hybridized carbons (Fsp3) is 0.167. The van der Waals surface area contributed by atoms with Gasteiger partial charge in [-0.05, 0) is 11.6 Å². The van der Waals surface area contributed by atoms with Gasteiger partial charge in [0.2, 0.25) is 0 Å². The molecule has 0 atom stereocenters.